The van der Waals surface area contributed by atoms with E-state index in [-0.39, 0.29) is 45.0 Å². The number of imide groups is 2. The second kappa shape index (κ2) is 11.1. The van der Waals surface area contributed by atoms with Gasteiger partial charge in [-0.25, -0.2) is 14.8 Å². The van der Waals surface area contributed by atoms with Crippen molar-refractivity contribution >= 4 is 58.5 Å². The summed E-state index contributed by atoms with van der Waals surface area (Å²) in [4.78, 5) is 85.2. The number of nitrogens with zero attached hydrogens (tertiary/aromatic N) is 3. The molecule has 2 N–H and O–H groups in total. The Morgan fingerprint density at radius 2 is 0.848 bits per heavy atom. The number of amides is 6. The van der Waals surface area contributed by atoms with E-state index in [9.17, 15) is 28.8 Å². The monoisotopic (exact) mass is 607 g/mol. The highest BCUT2D eigenvalue weighted by atomic mass is 16.2. The molecule has 11 nitrogen and oxygen atoms in total. The standard InChI is InChI=1S/C35H21N5O6/c41-30(36-22-8-3-1-4-9-22)20-14-16-24-26(18-20)34(45)39(32(24)43)28-12-7-13-29(38-28)40-33(44)25-17-15-21(19-27(25)35(40)46)31(42)37-23-10-5-2-6-11-23/h1-19H,(H,36,41)(H,37,42). The third-order valence-electron chi connectivity index (χ3n) is 7.54. The number of rotatable bonds is 6. The number of para-hydroxylation sites is 2. The van der Waals surface area contributed by atoms with Crippen LogP contribution < -0.4 is 20.4 Å². The van der Waals surface area contributed by atoms with Crippen LogP contribution in [0.2, 0.25) is 0 Å². The number of fused-ring (bicyclic) bond motifs is 2. The molecule has 2 aliphatic heterocycles. The number of benzene rings is 4. The van der Waals surface area contributed by atoms with Gasteiger partial charge in [-0.05, 0) is 72.8 Å². The Labute approximate surface area is 261 Å². The van der Waals surface area contributed by atoms with E-state index >= 15 is 0 Å². The van der Waals surface area contributed by atoms with Crippen LogP contribution in [0.5, 0.6) is 0 Å². The van der Waals surface area contributed by atoms with Gasteiger partial charge < -0.3 is 10.6 Å². The van der Waals surface area contributed by atoms with Crippen LogP contribution in [0.1, 0.15) is 62.1 Å². The van der Waals surface area contributed by atoms with Crippen molar-refractivity contribution in [2.45, 2.75) is 0 Å². The molecule has 0 aliphatic carbocycles. The minimum Gasteiger partial charge on any atom is -0.322 e. The number of carbonyl (C=O) groups is 6. The smallest absolute Gasteiger partial charge is 0.267 e. The molecule has 6 amide bonds. The zero-order chi connectivity index (χ0) is 31.9. The number of hydrogen-bond donors (Lipinski definition) is 2. The molecular formula is C35H21N5O6. The van der Waals surface area contributed by atoms with E-state index in [4.69, 9.17) is 0 Å². The van der Waals surface area contributed by atoms with Crippen molar-refractivity contribution < 1.29 is 28.8 Å². The molecule has 222 valence electrons. The highest BCUT2D eigenvalue weighted by Crippen LogP contribution is 2.32. The Bertz CT molecular complexity index is 1980. The second-order valence-corrected chi connectivity index (χ2v) is 10.4. The SMILES string of the molecule is O=C(Nc1ccccc1)c1ccc2c(c1)C(=O)N(c1cccc(N3C(=O)c4ccc(C(=O)Nc5ccccc5)cc4C3=O)n1)C2=O. The van der Waals surface area contributed by atoms with E-state index in [1.54, 1.807) is 48.5 Å². The number of nitrogens with one attached hydrogen (secondary N) is 2. The minimum absolute atomic E-state index is 0.0138. The fourth-order valence-corrected chi connectivity index (χ4v) is 5.29. The molecule has 0 atom stereocenters. The Kier molecular flexibility index (Phi) is 6.75. The van der Waals surface area contributed by atoms with Crippen molar-refractivity contribution in [2.24, 2.45) is 0 Å². The molecule has 0 fully saturated rings. The van der Waals surface area contributed by atoms with Crippen molar-refractivity contribution in [3.05, 3.63) is 149 Å². The molecule has 11 heteroatoms. The number of anilines is 4. The Morgan fingerprint density at radius 3 is 1.26 bits per heavy atom. The average molecular weight is 608 g/mol. The summed E-state index contributed by atoms with van der Waals surface area (Å²) in [6, 6.07) is 30.2. The van der Waals surface area contributed by atoms with Crippen molar-refractivity contribution in [2.75, 3.05) is 20.4 Å². The number of carbonyl (C=O) groups excluding carboxylic acids is 6. The van der Waals surface area contributed by atoms with E-state index in [0.717, 1.165) is 9.80 Å². The molecule has 0 saturated carbocycles. The van der Waals surface area contributed by atoms with Crippen LogP contribution in [0, 0.1) is 0 Å². The third-order valence-corrected chi connectivity index (χ3v) is 7.54. The van der Waals surface area contributed by atoms with Gasteiger partial charge in [-0.1, -0.05) is 42.5 Å². The fourth-order valence-electron chi connectivity index (χ4n) is 5.29. The van der Waals surface area contributed by atoms with Gasteiger partial charge in [0.15, 0.2) is 0 Å². The maximum Gasteiger partial charge on any atom is 0.267 e. The van der Waals surface area contributed by atoms with Gasteiger partial charge in [0.1, 0.15) is 11.6 Å². The van der Waals surface area contributed by atoms with Gasteiger partial charge in [0.05, 0.1) is 22.3 Å². The summed E-state index contributed by atoms with van der Waals surface area (Å²) in [5.41, 5.74) is 1.67. The first kappa shape index (κ1) is 28.0. The quantitative estimate of drug-likeness (QED) is 0.253. The zero-order valence-electron chi connectivity index (χ0n) is 23.8. The summed E-state index contributed by atoms with van der Waals surface area (Å²) >= 11 is 0. The molecule has 0 radical (unpaired) electrons. The number of pyridine rings is 1. The summed E-state index contributed by atoms with van der Waals surface area (Å²) in [7, 11) is 0. The second-order valence-electron chi connectivity index (χ2n) is 10.4. The predicted octanol–water partition coefficient (Wildman–Crippen LogP) is 5.19. The molecule has 3 heterocycles. The highest BCUT2D eigenvalue weighted by Gasteiger charge is 2.41. The zero-order valence-corrected chi connectivity index (χ0v) is 23.8. The summed E-state index contributed by atoms with van der Waals surface area (Å²) in [5, 5.41) is 5.48. The van der Waals surface area contributed by atoms with Gasteiger partial charge in [-0.2, -0.15) is 0 Å². The Hall–Kier alpha value is -6.75. The maximum absolute atomic E-state index is 13.5. The fraction of sp³-hybridized carbons (Fsp3) is 0. The van der Waals surface area contributed by atoms with E-state index in [2.05, 4.69) is 15.6 Å². The molecule has 7 rings (SSSR count). The normalized spacial score (nSPS) is 13.5. The maximum atomic E-state index is 13.5. The molecule has 46 heavy (non-hydrogen) atoms. The van der Waals surface area contributed by atoms with Crippen molar-refractivity contribution in [3.63, 3.8) is 0 Å². The molecule has 4 aromatic carbocycles. The molecule has 1 aromatic heterocycles. The largest absolute Gasteiger partial charge is 0.322 e. The molecular weight excluding hydrogens is 586 g/mol. The van der Waals surface area contributed by atoms with Crippen molar-refractivity contribution in [1.29, 1.82) is 0 Å². The van der Waals surface area contributed by atoms with E-state index in [1.807, 2.05) is 12.1 Å². The highest BCUT2D eigenvalue weighted by molar-refractivity contribution is 6.36. The van der Waals surface area contributed by atoms with Crippen LogP contribution in [0.15, 0.2) is 115 Å². The topological polar surface area (TPSA) is 146 Å². The summed E-state index contributed by atoms with van der Waals surface area (Å²) in [6.07, 6.45) is 0. The van der Waals surface area contributed by atoms with Crippen LogP contribution in [0.3, 0.4) is 0 Å². The molecule has 0 bridgehead atoms. The first-order chi connectivity index (χ1) is 22.3. The third kappa shape index (κ3) is 4.77. The van der Waals surface area contributed by atoms with Gasteiger partial charge in [0, 0.05) is 22.5 Å². The van der Waals surface area contributed by atoms with Crippen molar-refractivity contribution in [1.82, 2.24) is 4.98 Å². The van der Waals surface area contributed by atoms with Crippen LogP contribution in [-0.2, 0) is 0 Å². The lowest BCUT2D eigenvalue weighted by atomic mass is 10.1. The van der Waals surface area contributed by atoms with Crippen LogP contribution in [0.25, 0.3) is 0 Å². The molecule has 2 aliphatic rings. The summed E-state index contributed by atoms with van der Waals surface area (Å²) < 4.78 is 0. The van der Waals surface area contributed by atoms with Crippen LogP contribution in [-0.4, -0.2) is 40.4 Å². The molecule has 0 spiro atoms. The first-order valence-corrected chi connectivity index (χ1v) is 14.1. The minimum atomic E-state index is -0.713. The lowest BCUT2D eigenvalue weighted by Crippen LogP contribution is -2.33. The van der Waals surface area contributed by atoms with E-state index in [0.29, 0.717) is 11.4 Å². The average Bonchev–Trinajstić information content (AvgIpc) is 3.48. The predicted molar refractivity (Wildman–Crippen MR) is 168 cm³/mol. The van der Waals surface area contributed by atoms with Gasteiger partial charge in [0.2, 0.25) is 0 Å². The molecule has 0 saturated heterocycles. The lowest BCUT2D eigenvalue weighted by molar-refractivity contribution is 0.0912. The number of aromatic nitrogens is 1. The summed E-state index contributed by atoms with van der Waals surface area (Å²) in [6.45, 7) is 0. The van der Waals surface area contributed by atoms with E-state index in [1.165, 1.54) is 54.6 Å². The van der Waals surface area contributed by atoms with Gasteiger partial charge in [-0.3, -0.25) is 28.8 Å². The van der Waals surface area contributed by atoms with Gasteiger partial charge >= 0.3 is 0 Å². The van der Waals surface area contributed by atoms with Gasteiger partial charge in [0.25, 0.3) is 35.4 Å². The Morgan fingerprint density at radius 1 is 0.457 bits per heavy atom. The van der Waals surface area contributed by atoms with Crippen LogP contribution >= 0.6 is 0 Å². The Balaban J connectivity index is 1.13. The summed E-state index contributed by atoms with van der Waals surface area (Å²) in [5.74, 6) is -3.91. The first-order valence-electron chi connectivity index (χ1n) is 14.1. The lowest BCUT2D eigenvalue weighted by Gasteiger charge is -2.17. The van der Waals surface area contributed by atoms with Crippen LogP contribution in [0.4, 0.5) is 23.0 Å². The van der Waals surface area contributed by atoms with Crippen molar-refractivity contribution in [3.8, 4) is 0 Å². The van der Waals surface area contributed by atoms with E-state index < -0.39 is 35.4 Å². The molecule has 5 aromatic rings. The molecule has 0 unspecified atom stereocenters. The number of hydrogen-bond acceptors (Lipinski definition) is 7. The van der Waals surface area contributed by atoms with Gasteiger partial charge in [-0.15, -0.1) is 0 Å².